The number of anilines is 1. The normalized spacial score (nSPS) is 11.1. The molecule has 0 bridgehead atoms. The summed E-state index contributed by atoms with van der Waals surface area (Å²) in [5.41, 5.74) is 1.10. The van der Waals surface area contributed by atoms with Gasteiger partial charge >= 0.3 is 0 Å². The Kier molecular flexibility index (Phi) is 4.42. The van der Waals surface area contributed by atoms with Crippen molar-refractivity contribution in [3.63, 3.8) is 0 Å². The third-order valence-electron chi connectivity index (χ3n) is 3.74. The highest BCUT2D eigenvalue weighted by molar-refractivity contribution is 8.25. The highest BCUT2D eigenvalue weighted by Crippen LogP contribution is 2.42. The van der Waals surface area contributed by atoms with Crippen LogP contribution in [-0.4, -0.2) is 7.05 Å². The van der Waals surface area contributed by atoms with Crippen molar-refractivity contribution in [2.24, 2.45) is 0 Å². The number of benzene rings is 3. The fourth-order valence-corrected chi connectivity index (χ4v) is 6.35. The van der Waals surface area contributed by atoms with E-state index in [0.29, 0.717) is 0 Å². The van der Waals surface area contributed by atoms with E-state index in [4.69, 9.17) is 11.8 Å². The molecule has 1 nitrogen and oxygen atoms in total. The van der Waals surface area contributed by atoms with E-state index < -0.39 is 6.04 Å². The van der Waals surface area contributed by atoms with Crippen molar-refractivity contribution in [1.82, 2.24) is 0 Å². The maximum Gasteiger partial charge on any atom is 0.0380 e. The van der Waals surface area contributed by atoms with Gasteiger partial charge in [-0.25, -0.2) is 0 Å². The van der Waals surface area contributed by atoms with E-state index in [0.717, 1.165) is 5.69 Å². The maximum atomic E-state index is 6.29. The summed E-state index contributed by atoms with van der Waals surface area (Å²) in [7, 11) is 1.94. The smallest absolute Gasteiger partial charge is 0.0380 e. The van der Waals surface area contributed by atoms with Crippen molar-refractivity contribution in [3.8, 4) is 0 Å². The van der Waals surface area contributed by atoms with Crippen LogP contribution < -0.4 is 21.2 Å². The van der Waals surface area contributed by atoms with E-state index >= 15 is 0 Å². The van der Waals surface area contributed by atoms with Gasteiger partial charge < -0.3 is 5.32 Å². The molecule has 0 spiro atoms. The van der Waals surface area contributed by atoms with Crippen LogP contribution in [0.2, 0.25) is 0 Å². The van der Waals surface area contributed by atoms with Crippen LogP contribution in [0.4, 0.5) is 5.69 Å². The first-order valence-electron chi connectivity index (χ1n) is 7.25. The molecule has 1 N–H and O–H groups in total. The first-order valence-corrected chi connectivity index (χ1v) is 10.0. The third kappa shape index (κ3) is 2.72. The summed E-state index contributed by atoms with van der Waals surface area (Å²) in [4.78, 5) is 0. The van der Waals surface area contributed by atoms with E-state index in [2.05, 4.69) is 78.1 Å². The minimum atomic E-state index is -2.02. The summed E-state index contributed by atoms with van der Waals surface area (Å²) in [5.74, 6) is 0. The molecule has 0 unspecified atom stereocenters. The van der Waals surface area contributed by atoms with Crippen molar-refractivity contribution in [1.29, 1.82) is 0 Å². The first kappa shape index (κ1) is 15.0. The van der Waals surface area contributed by atoms with Crippen LogP contribution >= 0.6 is 6.04 Å². The molecule has 0 amide bonds. The van der Waals surface area contributed by atoms with Crippen LogP contribution in [0, 0.1) is 0 Å². The van der Waals surface area contributed by atoms with Crippen molar-refractivity contribution in [2.75, 3.05) is 12.4 Å². The maximum absolute atomic E-state index is 6.29. The van der Waals surface area contributed by atoms with E-state index in [1.54, 1.807) is 0 Å². The molecule has 0 radical (unpaired) electrons. The minimum Gasteiger partial charge on any atom is -0.388 e. The number of rotatable bonds is 4. The number of hydrogen-bond acceptors (Lipinski definition) is 2. The Balaban J connectivity index is 2.26. The molecule has 3 rings (SSSR count). The van der Waals surface area contributed by atoms with Crippen molar-refractivity contribution >= 4 is 39.4 Å². The van der Waals surface area contributed by atoms with Crippen LogP contribution in [0.1, 0.15) is 0 Å². The molecular weight excluding hydrogens is 305 g/mol. The average molecular weight is 323 g/mol. The van der Waals surface area contributed by atoms with E-state index in [1.807, 2.05) is 19.2 Å². The highest BCUT2D eigenvalue weighted by atomic mass is 32.4. The van der Waals surface area contributed by atoms with Gasteiger partial charge in [0.1, 0.15) is 0 Å². The lowest BCUT2D eigenvalue weighted by atomic mass is 10.3. The summed E-state index contributed by atoms with van der Waals surface area (Å²) in [6, 6.07) is 27.4. The van der Waals surface area contributed by atoms with Gasteiger partial charge in [0.05, 0.1) is 0 Å². The van der Waals surface area contributed by atoms with Crippen LogP contribution in [0.5, 0.6) is 0 Å². The largest absolute Gasteiger partial charge is 0.388 e. The molecule has 0 fully saturated rings. The highest BCUT2D eigenvalue weighted by Gasteiger charge is 2.24. The SMILES string of the molecule is CNc1cccc(P(=S)(c2ccccc2)c2ccccc2)c1. The molecule has 0 saturated heterocycles. The second kappa shape index (κ2) is 6.48. The zero-order valence-electron chi connectivity index (χ0n) is 12.4. The topological polar surface area (TPSA) is 12.0 Å². The molecule has 0 heterocycles. The monoisotopic (exact) mass is 323 g/mol. The molecular formula is C19H18NPS. The predicted molar refractivity (Wildman–Crippen MR) is 102 cm³/mol. The van der Waals surface area contributed by atoms with Gasteiger partial charge in [-0.1, -0.05) is 84.6 Å². The predicted octanol–water partition coefficient (Wildman–Crippen LogP) is 3.48. The molecule has 0 aromatic heterocycles. The van der Waals surface area contributed by atoms with Gasteiger partial charge in [0.25, 0.3) is 0 Å². The minimum absolute atomic E-state index is 1.10. The van der Waals surface area contributed by atoms with Crippen LogP contribution in [0.15, 0.2) is 84.9 Å². The van der Waals surface area contributed by atoms with Gasteiger partial charge in [-0.15, -0.1) is 0 Å². The third-order valence-corrected chi connectivity index (χ3v) is 8.69. The van der Waals surface area contributed by atoms with Gasteiger partial charge in [0, 0.05) is 18.8 Å². The zero-order valence-corrected chi connectivity index (χ0v) is 14.1. The standard InChI is InChI=1S/C19H18NPS/c1-20-16-9-8-14-19(15-16)21(22,17-10-4-2-5-11-17)18-12-6-3-7-13-18/h2-15,20H,1H3. The fraction of sp³-hybridized carbons (Fsp3) is 0.0526. The Bertz CT molecular complexity index is 756. The molecule has 22 heavy (non-hydrogen) atoms. The average Bonchev–Trinajstić information content (AvgIpc) is 2.62. The lowest BCUT2D eigenvalue weighted by molar-refractivity contribution is 1.53. The van der Waals surface area contributed by atoms with Gasteiger partial charge in [0.2, 0.25) is 0 Å². The number of nitrogens with one attached hydrogen (secondary N) is 1. The lowest BCUT2D eigenvalue weighted by Crippen LogP contribution is -2.24. The quantitative estimate of drug-likeness (QED) is 0.738. The Morgan fingerprint density at radius 2 is 1.18 bits per heavy atom. The fourth-order valence-electron chi connectivity index (χ4n) is 2.58. The van der Waals surface area contributed by atoms with E-state index in [9.17, 15) is 0 Å². The summed E-state index contributed by atoms with van der Waals surface area (Å²) >= 11 is 6.29. The second-order valence-corrected chi connectivity index (χ2v) is 9.49. The summed E-state index contributed by atoms with van der Waals surface area (Å²) < 4.78 is 0. The van der Waals surface area contributed by atoms with Crippen LogP contribution in [0.25, 0.3) is 0 Å². The molecule has 3 aromatic rings. The first-order chi connectivity index (χ1) is 10.7. The van der Waals surface area contributed by atoms with Crippen molar-refractivity contribution < 1.29 is 0 Å². The second-order valence-electron chi connectivity index (χ2n) is 5.08. The van der Waals surface area contributed by atoms with Gasteiger partial charge in [-0.3, -0.25) is 0 Å². The van der Waals surface area contributed by atoms with E-state index in [1.165, 1.54) is 15.9 Å². The van der Waals surface area contributed by atoms with Gasteiger partial charge in [-0.05, 0) is 28.0 Å². The molecule has 0 atom stereocenters. The Morgan fingerprint density at radius 1 is 0.682 bits per heavy atom. The Morgan fingerprint density at radius 3 is 1.68 bits per heavy atom. The van der Waals surface area contributed by atoms with Gasteiger partial charge in [0.15, 0.2) is 0 Å². The van der Waals surface area contributed by atoms with Crippen molar-refractivity contribution in [3.05, 3.63) is 84.9 Å². The van der Waals surface area contributed by atoms with Crippen LogP contribution in [-0.2, 0) is 11.8 Å². The molecule has 0 saturated carbocycles. The number of hydrogen-bond donors (Lipinski definition) is 1. The van der Waals surface area contributed by atoms with Crippen LogP contribution in [0.3, 0.4) is 0 Å². The molecule has 3 heteroatoms. The molecule has 110 valence electrons. The van der Waals surface area contributed by atoms with Crippen molar-refractivity contribution in [2.45, 2.75) is 0 Å². The molecule has 0 aliphatic heterocycles. The molecule has 3 aromatic carbocycles. The summed E-state index contributed by atoms with van der Waals surface area (Å²) in [5, 5.41) is 6.88. The lowest BCUT2D eigenvalue weighted by Gasteiger charge is -2.24. The Hall–Kier alpha value is -1.89. The summed E-state index contributed by atoms with van der Waals surface area (Å²) in [6.07, 6.45) is 0. The Labute approximate surface area is 137 Å². The summed E-state index contributed by atoms with van der Waals surface area (Å²) in [6.45, 7) is 0. The van der Waals surface area contributed by atoms with Gasteiger partial charge in [-0.2, -0.15) is 0 Å². The molecule has 0 aliphatic carbocycles. The molecule has 0 aliphatic rings. The zero-order chi connectivity index (χ0) is 15.4. The van der Waals surface area contributed by atoms with E-state index in [-0.39, 0.29) is 0 Å².